The van der Waals surface area contributed by atoms with E-state index < -0.39 is 8.80 Å². The van der Waals surface area contributed by atoms with Gasteiger partial charge in [0.25, 0.3) is 5.91 Å². The van der Waals surface area contributed by atoms with Gasteiger partial charge in [-0.3, -0.25) is 4.79 Å². The number of aryl methyl sites for hydroxylation is 2. The van der Waals surface area contributed by atoms with Gasteiger partial charge in [-0.1, -0.05) is 29.3 Å². The minimum Gasteiger partial charge on any atom is -0.373 e. The van der Waals surface area contributed by atoms with E-state index >= 15 is 0 Å². The highest BCUT2D eigenvalue weighted by Crippen LogP contribution is 2.14. The van der Waals surface area contributed by atoms with Crippen LogP contribution in [-0.2, 0) is 13.3 Å². The van der Waals surface area contributed by atoms with Crippen molar-refractivity contribution in [3.8, 4) is 0 Å². The lowest BCUT2D eigenvalue weighted by Crippen LogP contribution is -2.54. The van der Waals surface area contributed by atoms with Crippen molar-refractivity contribution in [3.63, 3.8) is 0 Å². The summed E-state index contributed by atoms with van der Waals surface area (Å²) in [6.45, 7) is 3.95. The fourth-order valence-corrected chi connectivity index (χ4v) is 4.45. The number of nitrogens with one attached hydrogen (secondary N) is 1. The van der Waals surface area contributed by atoms with E-state index in [1.165, 1.54) is 0 Å². The number of anilines is 1. The molecule has 0 saturated carbocycles. The van der Waals surface area contributed by atoms with Crippen LogP contribution < -0.4 is 10.5 Å². The van der Waals surface area contributed by atoms with Crippen molar-refractivity contribution in [1.82, 2.24) is 0 Å². The lowest BCUT2D eigenvalue weighted by molar-refractivity contribution is 0.102. The molecule has 1 amide bonds. The standard InChI is InChI=1S/C18H23NO4Si/c1-13-10-14(2)12-15(11-13)18(20)19-16-6-8-17(9-7-16)24(21-3,22-4)23-5/h6-12H,1-5H3,(H,19,20). The summed E-state index contributed by atoms with van der Waals surface area (Å²) in [5, 5.41) is 3.73. The van der Waals surface area contributed by atoms with Crippen LogP contribution in [0.15, 0.2) is 42.5 Å². The molecule has 0 saturated heterocycles. The van der Waals surface area contributed by atoms with Gasteiger partial charge in [0.15, 0.2) is 0 Å². The zero-order chi connectivity index (χ0) is 17.7. The third kappa shape index (κ3) is 3.91. The van der Waals surface area contributed by atoms with E-state index in [1.807, 2.05) is 56.3 Å². The van der Waals surface area contributed by atoms with Gasteiger partial charge in [-0.25, -0.2) is 0 Å². The Labute approximate surface area is 143 Å². The molecule has 0 unspecified atom stereocenters. The average molecular weight is 345 g/mol. The molecule has 0 aliphatic carbocycles. The van der Waals surface area contributed by atoms with Crippen molar-refractivity contribution in [2.75, 3.05) is 26.6 Å². The first-order valence-electron chi connectivity index (χ1n) is 7.59. The highest BCUT2D eigenvalue weighted by atomic mass is 28.4. The van der Waals surface area contributed by atoms with E-state index in [1.54, 1.807) is 21.3 Å². The third-order valence-corrected chi connectivity index (χ3v) is 6.44. The molecule has 0 atom stereocenters. The normalized spacial score (nSPS) is 11.4. The predicted molar refractivity (Wildman–Crippen MR) is 96.7 cm³/mol. The molecule has 0 aromatic heterocycles. The van der Waals surface area contributed by atoms with E-state index in [-0.39, 0.29) is 5.91 Å². The summed E-state index contributed by atoms with van der Waals surface area (Å²) in [4.78, 5) is 12.4. The van der Waals surface area contributed by atoms with Gasteiger partial charge in [-0.15, -0.1) is 0 Å². The number of carbonyl (C=O) groups excluding carboxylic acids is 1. The van der Waals surface area contributed by atoms with E-state index in [4.69, 9.17) is 13.3 Å². The molecular weight excluding hydrogens is 322 g/mol. The zero-order valence-corrected chi connectivity index (χ0v) is 15.7. The molecule has 2 aromatic carbocycles. The second-order valence-electron chi connectivity index (χ2n) is 5.58. The maximum Gasteiger partial charge on any atom is 0.536 e. The van der Waals surface area contributed by atoms with Gasteiger partial charge in [0, 0.05) is 37.8 Å². The highest BCUT2D eigenvalue weighted by Gasteiger charge is 2.40. The largest absolute Gasteiger partial charge is 0.536 e. The van der Waals surface area contributed by atoms with E-state index in [0.717, 1.165) is 16.3 Å². The van der Waals surface area contributed by atoms with Crippen molar-refractivity contribution in [2.45, 2.75) is 13.8 Å². The average Bonchev–Trinajstić information content (AvgIpc) is 2.57. The Morgan fingerprint density at radius 1 is 0.875 bits per heavy atom. The summed E-state index contributed by atoms with van der Waals surface area (Å²) in [7, 11) is 1.85. The Kier molecular flexibility index (Phi) is 5.90. The predicted octanol–water partition coefficient (Wildman–Crippen LogP) is 2.64. The molecule has 0 heterocycles. The lowest BCUT2D eigenvalue weighted by atomic mass is 10.1. The Balaban J connectivity index is 2.18. The van der Waals surface area contributed by atoms with Gasteiger partial charge in [0.1, 0.15) is 0 Å². The minimum absolute atomic E-state index is 0.136. The zero-order valence-electron chi connectivity index (χ0n) is 14.7. The van der Waals surface area contributed by atoms with Crippen LogP contribution >= 0.6 is 0 Å². The minimum atomic E-state index is -2.85. The van der Waals surface area contributed by atoms with Gasteiger partial charge < -0.3 is 18.6 Å². The van der Waals surface area contributed by atoms with Gasteiger partial charge >= 0.3 is 8.80 Å². The second-order valence-corrected chi connectivity index (χ2v) is 8.49. The van der Waals surface area contributed by atoms with Gasteiger partial charge in [-0.2, -0.15) is 0 Å². The van der Waals surface area contributed by atoms with Crippen LogP contribution in [0.25, 0.3) is 0 Å². The molecule has 0 aliphatic heterocycles. The van der Waals surface area contributed by atoms with Gasteiger partial charge in [0.2, 0.25) is 0 Å². The van der Waals surface area contributed by atoms with Crippen molar-refractivity contribution in [1.29, 1.82) is 0 Å². The topological polar surface area (TPSA) is 56.8 Å². The highest BCUT2D eigenvalue weighted by molar-refractivity contribution is 6.75. The molecular formula is C18H23NO4Si. The summed E-state index contributed by atoms with van der Waals surface area (Å²) in [6, 6.07) is 13.1. The van der Waals surface area contributed by atoms with Crippen LogP contribution in [0, 0.1) is 13.8 Å². The van der Waals surface area contributed by atoms with Crippen LogP contribution in [-0.4, -0.2) is 36.0 Å². The molecule has 128 valence electrons. The van der Waals surface area contributed by atoms with Gasteiger partial charge in [0.05, 0.1) is 0 Å². The molecule has 0 spiro atoms. The third-order valence-electron chi connectivity index (χ3n) is 3.79. The quantitative estimate of drug-likeness (QED) is 0.818. The Hall–Kier alpha value is -1.99. The molecule has 6 heteroatoms. The first-order valence-corrected chi connectivity index (χ1v) is 9.32. The number of rotatable bonds is 6. The summed E-state index contributed by atoms with van der Waals surface area (Å²) < 4.78 is 16.3. The van der Waals surface area contributed by atoms with Gasteiger partial charge in [-0.05, 0) is 38.1 Å². The van der Waals surface area contributed by atoms with E-state index in [2.05, 4.69) is 5.32 Å². The number of amides is 1. The molecule has 0 radical (unpaired) electrons. The van der Waals surface area contributed by atoms with E-state index in [0.29, 0.717) is 11.3 Å². The number of carbonyl (C=O) groups is 1. The van der Waals surface area contributed by atoms with Crippen molar-refractivity contribution in [2.24, 2.45) is 0 Å². The van der Waals surface area contributed by atoms with Crippen LogP contribution in [0.3, 0.4) is 0 Å². The first-order chi connectivity index (χ1) is 11.4. The molecule has 0 bridgehead atoms. The fraction of sp³-hybridized carbons (Fsp3) is 0.278. The second kappa shape index (κ2) is 7.72. The summed E-state index contributed by atoms with van der Waals surface area (Å²) >= 11 is 0. The van der Waals surface area contributed by atoms with Crippen molar-refractivity contribution in [3.05, 3.63) is 59.2 Å². The SMILES string of the molecule is CO[Si](OC)(OC)c1ccc(NC(=O)c2cc(C)cc(C)c2)cc1. The molecule has 0 aliphatic rings. The van der Waals surface area contributed by atoms with Crippen molar-refractivity contribution >= 4 is 25.6 Å². The van der Waals surface area contributed by atoms with Crippen LogP contribution in [0.5, 0.6) is 0 Å². The molecule has 2 rings (SSSR count). The maximum atomic E-state index is 12.4. The number of hydrogen-bond donors (Lipinski definition) is 1. The Morgan fingerprint density at radius 3 is 1.83 bits per heavy atom. The summed E-state index contributed by atoms with van der Waals surface area (Å²) in [5.41, 5.74) is 3.47. The molecule has 2 aromatic rings. The first kappa shape index (κ1) is 18.3. The van der Waals surface area contributed by atoms with Crippen LogP contribution in [0.2, 0.25) is 0 Å². The molecule has 1 N–H and O–H groups in total. The van der Waals surface area contributed by atoms with E-state index in [9.17, 15) is 4.79 Å². The number of benzene rings is 2. The smallest absolute Gasteiger partial charge is 0.373 e. The van der Waals surface area contributed by atoms with Crippen molar-refractivity contribution < 1.29 is 18.1 Å². The molecule has 24 heavy (non-hydrogen) atoms. The summed E-state index contributed by atoms with van der Waals surface area (Å²) in [6.07, 6.45) is 0. The van der Waals surface area contributed by atoms with Crippen LogP contribution in [0.1, 0.15) is 21.5 Å². The monoisotopic (exact) mass is 345 g/mol. The lowest BCUT2D eigenvalue weighted by Gasteiger charge is -2.24. The fourth-order valence-electron chi connectivity index (χ4n) is 2.67. The number of hydrogen-bond acceptors (Lipinski definition) is 4. The Morgan fingerprint density at radius 2 is 1.38 bits per heavy atom. The molecule has 0 fully saturated rings. The molecule has 5 nitrogen and oxygen atoms in total. The maximum absolute atomic E-state index is 12.4. The van der Waals surface area contributed by atoms with Crippen LogP contribution in [0.4, 0.5) is 5.69 Å². The Bertz CT molecular complexity index is 683. The summed E-state index contributed by atoms with van der Waals surface area (Å²) in [5.74, 6) is -0.136.